The van der Waals surface area contributed by atoms with E-state index in [4.69, 9.17) is 4.74 Å². The first-order valence-electron chi connectivity index (χ1n) is 7.00. The molecule has 0 saturated carbocycles. The van der Waals surface area contributed by atoms with Crippen molar-refractivity contribution in [3.8, 4) is 0 Å². The van der Waals surface area contributed by atoms with Crippen molar-refractivity contribution in [3.05, 3.63) is 0 Å². The van der Waals surface area contributed by atoms with Gasteiger partial charge in [0.15, 0.2) is 0 Å². The highest BCUT2D eigenvalue weighted by atomic mass is 16.5. The lowest BCUT2D eigenvalue weighted by atomic mass is 9.91. The molecule has 17 heavy (non-hydrogen) atoms. The SMILES string of the molecule is CCNCC(C)(C)CN(C)CC1CCOCC1. The Balaban J connectivity index is 2.24. The van der Waals surface area contributed by atoms with Gasteiger partial charge in [-0.3, -0.25) is 0 Å². The Morgan fingerprint density at radius 2 is 1.94 bits per heavy atom. The Morgan fingerprint density at radius 3 is 2.53 bits per heavy atom. The molecule has 1 saturated heterocycles. The van der Waals surface area contributed by atoms with Crippen LogP contribution >= 0.6 is 0 Å². The molecule has 0 radical (unpaired) electrons. The molecule has 0 bridgehead atoms. The maximum absolute atomic E-state index is 5.41. The van der Waals surface area contributed by atoms with Crippen LogP contribution in [0.25, 0.3) is 0 Å². The smallest absolute Gasteiger partial charge is 0.0469 e. The molecule has 0 spiro atoms. The molecule has 0 aromatic carbocycles. The number of ether oxygens (including phenoxy) is 1. The Bertz CT molecular complexity index is 200. The van der Waals surface area contributed by atoms with E-state index < -0.39 is 0 Å². The number of hydrogen-bond donors (Lipinski definition) is 1. The molecule has 0 unspecified atom stereocenters. The average Bonchev–Trinajstić information content (AvgIpc) is 2.27. The summed E-state index contributed by atoms with van der Waals surface area (Å²) in [6.45, 7) is 13.3. The van der Waals surface area contributed by atoms with E-state index in [1.54, 1.807) is 0 Å². The van der Waals surface area contributed by atoms with Crippen molar-refractivity contribution in [2.75, 3.05) is 46.4 Å². The third-order valence-electron chi connectivity index (χ3n) is 3.46. The summed E-state index contributed by atoms with van der Waals surface area (Å²) in [6.07, 6.45) is 2.47. The van der Waals surface area contributed by atoms with E-state index in [2.05, 4.69) is 38.0 Å². The van der Waals surface area contributed by atoms with Crippen LogP contribution in [-0.2, 0) is 4.74 Å². The molecular weight excluding hydrogens is 212 g/mol. The van der Waals surface area contributed by atoms with Gasteiger partial charge >= 0.3 is 0 Å². The summed E-state index contributed by atoms with van der Waals surface area (Å²) < 4.78 is 5.41. The molecule has 1 rings (SSSR count). The summed E-state index contributed by atoms with van der Waals surface area (Å²) in [5.74, 6) is 0.837. The topological polar surface area (TPSA) is 24.5 Å². The second-order valence-corrected chi connectivity index (χ2v) is 6.20. The highest BCUT2D eigenvalue weighted by molar-refractivity contribution is 4.76. The Hall–Kier alpha value is -0.120. The van der Waals surface area contributed by atoms with Gasteiger partial charge < -0.3 is 15.0 Å². The summed E-state index contributed by atoms with van der Waals surface area (Å²) in [5, 5.41) is 3.45. The van der Waals surface area contributed by atoms with Crippen molar-refractivity contribution >= 4 is 0 Å². The van der Waals surface area contributed by atoms with Crippen molar-refractivity contribution in [1.29, 1.82) is 0 Å². The molecule has 102 valence electrons. The predicted octanol–water partition coefficient (Wildman–Crippen LogP) is 1.98. The summed E-state index contributed by atoms with van der Waals surface area (Å²) in [5.41, 5.74) is 0.357. The van der Waals surface area contributed by atoms with Crippen LogP contribution in [0.3, 0.4) is 0 Å². The van der Waals surface area contributed by atoms with Crippen LogP contribution in [-0.4, -0.2) is 51.3 Å². The molecule has 1 heterocycles. The fourth-order valence-electron chi connectivity index (χ4n) is 2.68. The first-order chi connectivity index (χ1) is 8.03. The van der Waals surface area contributed by atoms with Crippen molar-refractivity contribution in [3.63, 3.8) is 0 Å². The second kappa shape index (κ2) is 7.34. The average molecular weight is 242 g/mol. The van der Waals surface area contributed by atoms with Gasteiger partial charge in [-0.2, -0.15) is 0 Å². The quantitative estimate of drug-likeness (QED) is 0.739. The zero-order valence-corrected chi connectivity index (χ0v) is 12.1. The molecule has 1 aliphatic heterocycles. The molecule has 0 amide bonds. The van der Waals surface area contributed by atoms with Crippen LogP contribution in [0, 0.1) is 11.3 Å². The lowest BCUT2D eigenvalue weighted by Gasteiger charge is -2.33. The lowest BCUT2D eigenvalue weighted by Crippen LogP contribution is -2.41. The second-order valence-electron chi connectivity index (χ2n) is 6.20. The largest absolute Gasteiger partial charge is 0.381 e. The predicted molar refractivity (Wildman–Crippen MR) is 73.4 cm³/mol. The van der Waals surface area contributed by atoms with Crippen molar-refractivity contribution in [2.24, 2.45) is 11.3 Å². The van der Waals surface area contributed by atoms with Gasteiger partial charge in [0.05, 0.1) is 0 Å². The van der Waals surface area contributed by atoms with Gasteiger partial charge in [0.1, 0.15) is 0 Å². The minimum absolute atomic E-state index is 0.357. The van der Waals surface area contributed by atoms with Crippen LogP contribution in [0.2, 0.25) is 0 Å². The van der Waals surface area contributed by atoms with Crippen LogP contribution < -0.4 is 5.32 Å². The molecule has 1 fully saturated rings. The van der Waals surface area contributed by atoms with Gasteiger partial charge in [-0.1, -0.05) is 20.8 Å². The lowest BCUT2D eigenvalue weighted by molar-refractivity contribution is 0.0513. The maximum Gasteiger partial charge on any atom is 0.0469 e. The number of rotatable bonds is 7. The molecule has 1 aliphatic rings. The van der Waals surface area contributed by atoms with Crippen molar-refractivity contribution in [1.82, 2.24) is 10.2 Å². The first kappa shape index (κ1) is 14.9. The van der Waals surface area contributed by atoms with Crippen molar-refractivity contribution < 1.29 is 4.74 Å². The Labute approximate surface area is 107 Å². The fraction of sp³-hybridized carbons (Fsp3) is 1.00. The van der Waals surface area contributed by atoms with Crippen LogP contribution in [0.4, 0.5) is 0 Å². The molecule has 3 nitrogen and oxygen atoms in total. The number of nitrogens with one attached hydrogen (secondary N) is 1. The van der Waals surface area contributed by atoms with E-state index in [1.807, 2.05) is 0 Å². The van der Waals surface area contributed by atoms with E-state index in [0.717, 1.165) is 38.8 Å². The van der Waals surface area contributed by atoms with Gasteiger partial charge in [0.2, 0.25) is 0 Å². The Kier molecular flexibility index (Phi) is 6.45. The molecule has 0 aromatic rings. The molecular formula is C14H30N2O. The van der Waals surface area contributed by atoms with Gasteiger partial charge in [-0.15, -0.1) is 0 Å². The number of hydrogen-bond acceptors (Lipinski definition) is 3. The van der Waals surface area contributed by atoms with E-state index in [9.17, 15) is 0 Å². The summed E-state index contributed by atoms with van der Waals surface area (Å²) in [4.78, 5) is 2.49. The highest BCUT2D eigenvalue weighted by Crippen LogP contribution is 2.19. The van der Waals surface area contributed by atoms with Gasteiger partial charge in [0.25, 0.3) is 0 Å². The summed E-state index contributed by atoms with van der Waals surface area (Å²) in [6, 6.07) is 0. The molecule has 0 atom stereocenters. The third kappa shape index (κ3) is 6.39. The fourth-order valence-corrected chi connectivity index (χ4v) is 2.68. The molecule has 0 aliphatic carbocycles. The van der Waals surface area contributed by atoms with E-state index in [-0.39, 0.29) is 0 Å². The third-order valence-corrected chi connectivity index (χ3v) is 3.46. The normalized spacial score (nSPS) is 18.9. The molecule has 3 heteroatoms. The Morgan fingerprint density at radius 1 is 1.29 bits per heavy atom. The van der Waals surface area contributed by atoms with E-state index in [0.29, 0.717) is 5.41 Å². The standard InChI is InChI=1S/C14H30N2O/c1-5-15-11-14(2,3)12-16(4)10-13-6-8-17-9-7-13/h13,15H,5-12H2,1-4H3. The number of nitrogens with zero attached hydrogens (tertiary/aromatic N) is 1. The minimum atomic E-state index is 0.357. The van der Waals surface area contributed by atoms with Gasteiger partial charge in [0, 0.05) is 32.8 Å². The van der Waals surface area contributed by atoms with Gasteiger partial charge in [-0.25, -0.2) is 0 Å². The summed E-state index contributed by atoms with van der Waals surface area (Å²) >= 11 is 0. The molecule has 1 N–H and O–H groups in total. The van der Waals surface area contributed by atoms with Crippen LogP contribution in [0.15, 0.2) is 0 Å². The van der Waals surface area contributed by atoms with E-state index in [1.165, 1.54) is 19.4 Å². The molecule has 0 aromatic heterocycles. The van der Waals surface area contributed by atoms with Crippen molar-refractivity contribution in [2.45, 2.75) is 33.6 Å². The van der Waals surface area contributed by atoms with E-state index >= 15 is 0 Å². The maximum atomic E-state index is 5.41. The monoisotopic (exact) mass is 242 g/mol. The zero-order valence-electron chi connectivity index (χ0n) is 12.1. The summed E-state index contributed by atoms with van der Waals surface area (Å²) in [7, 11) is 2.25. The van der Waals surface area contributed by atoms with Gasteiger partial charge in [-0.05, 0) is 37.8 Å². The highest BCUT2D eigenvalue weighted by Gasteiger charge is 2.22. The van der Waals surface area contributed by atoms with Crippen LogP contribution in [0.5, 0.6) is 0 Å². The minimum Gasteiger partial charge on any atom is -0.381 e. The van der Waals surface area contributed by atoms with Crippen LogP contribution in [0.1, 0.15) is 33.6 Å². The first-order valence-corrected chi connectivity index (χ1v) is 7.00. The zero-order chi connectivity index (χ0) is 12.7.